The first-order chi connectivity index (χ1) is 14.7. The van der Waals surface area contributed by atoms with E-state index in [1.807, 2.05) is 13.8 Å². The lowest BCUT2D eigenvalue weighted by Crippen LogP contribution is -2.22. The van der Waals surface area contributed by atoms with Gasteiger partial charge in [-0.25, -0.2) is 0 Å². The first-order valence-electron chi connectivity index (χ1n) is 10.6. The largest absolute Gasteiger partial charge is 0.573 e. The Morgan fingerprint density at radius 1 is 1.29 bits per heavy atom. The Labute approximate surface area is 179 Å². The molecular weight excluding hydrogens is 409 g/mol. The molecule has 0 saturated heterocycles. The minimum atomic E-state index is -4.75. The summed E-state index contributed by atoms with van der Waals surface area (Å²) in [5.41, 5.74) is 3.41. The maximum atomic E-state index is 12.6. The van der Waals surface area contributed by atoms with E-state index in [0.717, 1.165) is 29.6 Å². The fourth-order valence-corrected chi connectivity index (χ4v) is 3.97. The molecule has 1 aliphatic rings. The number of halogens is 3. The van der Waals surface area contributed by atoms with Gasteiger partial charge in [0.15, 0.2) is 5.78 Å². The molecule has 168 valence electrons. The number of fused-ring (bicyclic) bond motifs is 1. The highest BCUT2D eigenvalue weighted by Gasteiger charge is 2.31. The number of nitrogens with zero attached hydrogens (tertiary/aromatic N) is 1. The number of Topliss-reactive ketones (excluding diaryl/α,β-unsaturated/α-hetero) is 1. The SMILES string of the molecule is CCCCC(O)=C1C(=O)CCCC1=NCCc1c(C)[nH]c2ccc(OC(F)(F)F)cc12. The number of aromatic amines is 1. The maximum Gasteiger partial charge on any atom is 0.573 e. The highest BCUT2D eigenvalue weighted by molar-refractivity contribution is 6.24. The number of benzene rings is 1. The second-order valence-corrected chi connectivity index (χ2v) is 7.76. The topological polar surface area (TPSA) is 74.7 Å². The molecule has 0 radical (unpaired) electrons. The number of aromatic nitrogens is 1. The van der Waals surface area contributed by atoms with Crippen molar-refractivity contribution < 1.29 is 27.8 Å². The van der Waals surface area contributed by atoms with E-state index in [1.165, 1.54) is 12.1 Å². The third-order valence-corrected chi connectivity index (χ3v) is 5.43. The zero-order valence-electron chi connectivity index (χ0n) is 17.7. The van der Waals surface area contributed by atoms with Gasteiger partial charge in [0.05, 0.1) is 5.57 Å². The van der Waals surface area contributed by atoms with Crippen LogP contribution in [0, 0.1) is 6.92 Å². The van der Waals surface area contributed by atoms with Crippen molar-refractivity contribution in [2.24, 2.45) is 4.99 Å². The van der Waals surface area contributed by atoms with Gasteiger partial charge in [-0.2, -0.15) is 0 Å². The summed E-state index contributed by atoms with van der Waals surface area (Å²) in [7, 11) is 0. The van der Waals surface area contributed by atoms with E-state index in [2.05, 4.69) is 14.7 Å². The molecule has 1 aliphatic carbocycles. The van der Waals surface area contributed by atoms with Crippen molar-refractivity contribution in [1.82, 2.24) is 4.98 Å². The van der Waals surface area contributed by atoms with Crippen LogP contribution >= 0.6 is 0 Å². The summed E-state index contributed by atoms with van der Waals surface area (Å²) in [5.74, 6) is -0.228. The Morgan fingerprint density at radius 3 is 2.77 bits per heavy atom. The summed E-state index contributed by atoms with van der Waals surface area (Å²) in [4.78, 5) is 20.1. The van der Waals surface area contributed by atoms with Crippen LogP contribution in [0.15, 0.2) is 34.5 Å². The van der Waals surface area contributed by atoms with Crippen molar-refractivity contribution in [3.63, 3.8) is 0 Å². The van der Waals surface area contributed by atoms with Gasteiger partial charge in [-0.3, -0.25) is 9.79 Å². The fraction of sp³-hybridized carbons (Fsp3) is 0.478. The molecule has 1 fully saturated rings. The van der Waals surface area contributed by atoms with Crippen LogP contribution in [0.2, 0.25) is 0 Å². The van der Waals surface area contributed by atoms with Crippen LogP contribution in [0.4, 0.5) is 13.2 Å². The van der Waals surface area contributed by atoms with Crippen molar-refractivity contribution >= 4 is 22.4 Å². The molecule has 0 unspecified atom stereocenters. The first kappa shape index (κ1) is 22.9. The quantitative estimate of drug-likeness (QED) is 0.406. The van der Waals surface area contributed by atoms with Crippen LogP contribution in [0.1, 0.15) is 56.7 Å². The van der Waals surface area contributed by atoms with E-state index in [-0.39, 0.29) is 17.3 Å². The molecule has 5 nitrogen and oxygen atoms in total. The number of aryl methyl sites for hydroxylation is 1. The normalized spacial score (nSPS) is 18.1. The Bertz CT molecular complexity index is 1020. The van der Waals surface area contributed by atoms with E-state index < -0.39 is 6.36 Å². The number of ketones is 1. The van der Waals surface area contributed by atoms with Gasteiger partial charge in [0.2, 0.25) is 0 Å². The first-order valence-corrected chi connectivity index (χ1v) is 10.6. The molecule has 1 aromatic heterocycles. The zero-order chi connectivity index (χ0) is 22.6. The van der Waals surface area contributed by atoms with Crippen molar-refractivity contribution in [3.05, 3.63) is 40.8 Å². The standard InChI is InChI=1S/C23H27F3N2O3/c1-3-4-7-20(29)22-19(6-5-8-21(22)30)27-12-11-16-14(2)28-18-10-9-15(13-17(16)18)31-23(24,25)26/h9-10,13,28-29H,3-8,11-12H2,1-2H3. The van der Waals surface area contributed by atoms with Crippen molar-refractivity contribution in [2.75, 3.05) is 6.54 Å². The highest BCUT2D eigenvalue weighted by atomic mass is 19.4. The molecular formula is C23H27F3N2O3. The molecule has 0 amide bonds. The monoisotopic (exact) mass is 436 g/mol. The number of carbonyl (C=O) groups excluding carboxylic acids is 1. The van der Waals surface area contributed by atoms with Gasteiger partial charge in [0.1, 0.15) is 11.5 Å². The number of hydrogen-bond donors (Lipinski definition) is 2. The number of aliphatic imine (C=N–C) groups is 1. The lowest BCUT2D eigenvalue weighted by Gasteiger charge is -2.18. The average Bonchev–Trinajstić information content (AvgIpc) is 3.00. The van der Waals surface area contributed by atoms with Gasteiger partial charge in [-0.05, 0) is 56.4 Å². The fourth-order valence-electron chi connectivity index (χ4n) is 3.97. The van der Waals surface area contributed by atoms with E-state index in [1.54, 1.807) is 6.07 Å². The summed E-state index contributed by atoms with van der Waals surface area (Å²) in [5, 5.41) is 11.1. The van der Waals surface area contributed by atoms with E-state index in [4.69, 9.17) is 0 Å². The third kappa shape index (κ3) is 5.68. The van der Waals surface area contributed by atoms with Gasteiger partial charge >= 0.3 is 6.36 Å². The summed E-state index contributed by atoms with van der Waals surface area (Å²) >= 11 is 0. The molecule has 1 saturated carbocycles. The van der Waals surface area contributed by atoms with Crippen LogP contribution in [-0.4, -0.2) is 34.5 Å². The lowest BCUT2D eigenvalue weighted by atomic mass is 9.89. The van der Waals surface area contributed by atoms with Crippen LogP contribution in [0.3, 0.4) is 0 Å². The van der Waals surface area contributed by atoms with Gasteiger partial charge in [-0.1, -0.05) is 13.3 Å². The third-order valence-electron chi connectivity index (χ3n) is 5.43. The van der Waals surface area contributed by atoms with Crippen LogP contribution < -0.4 is 4.74 Å². The number of aliphatic hydroxyl groups is 1. The van der Waals surface area contributed by atoms with Crippen LogP contribution in [0.5, 0.6) is 5.75 Å². The smallest absolute Gasteiger partial charge is 0.511 e. The van der Waals surface area contributed by atoms with Gasteiger partial charge in [0.25, 0.3) is 0 Å². The number of alkyl halides is 3. The molecule has 8 heteroatoms. The number of hydrogen-bond acceptors (Lipinski definition) is 4. The Kier molecular flexibility index (Phi) is 7.08. The number of nitrogens with one attached hydrogen (secondary N) is 1. The highest BCUT2D eigenvalue weighted by Crippen LogP contribution is 2.30. The second kappa shape index (κ2) is 9.58. The van der Waals surface area contributed by atoms with Gasteiger partial charge < -0.3 is 14.8 Å². The number of ether oxygens (including phenoxy) is 1. The van der Waals surface area contributed by atoms with Crippen molar-refractivity contribution in [1.29, 1.82) is 0 Å². The molecule has 0 bridgehead atoms. The number of aliphatic hydroxyl groups excluding tert-OH is 1. The number of carbonyl (C=O) groups is 1. The lowest BCUT2D eigenvalue weighted by molar-refractivity contribution is -0.274. The number of allylic oxidation sites excluding steroid dienone is 2. The van der Waals surface area contributed by atoms with E-state index in [9.17, 15) is 23.1 Å². The Hall–Kier alpha value is -2.77. The molecule has 2 N–H and O–H groups in total. The Morgan fingerprint density at radius 2 is 2.06 bits per heavy atom. The molecule has 0 spiro atoms. The Balaban J connectivity index is 1.82. The number of rotatable bonds is 7. The summed E-state index contributed by atoms with van der Waals surface area (Å²) in [6.45, 7) is 4.24. The molecule has 0 aliphatic heterocycles. The van der Waals surface area contributed by atoms with Gasteiger partial charge in [-0.15, -0.1) is 13.2 Å². The molecule has 1 aromatic carbocycles. The maximum absolute atomic E-state index is 12.6. The van der Waals surface area contributed by atoms with Crippen LogP contribution in [0.25, 0.3) is 10.9 Å². The molecule has 3 rings (SSSR count). The summed E-state index contributed by atoms with van der Waals surface area (Å²) in [6, 6.07) is 4.21. The number of unbranched alkanes of at least 4 members (excludes halogenated alkanes) is 1. The molecule has 1 heterocycles. The molecule has 0 atom stereocenters. The van der Waals surface area contributed by atoms with Crippen molar-refractivity contribution in [3.8, 4) is 5.75 Å². The minimum absolute atomic E-state index is 0.0733. The second-order valence-electron chi connectivity index (χ2n) is 7.76. The summed E-state index contributed by atoms with van der Waals surface area (Å²) in [6.07, 6.45) is -0.345. The van der Waals surface area contributed by atoms with E-state index >= 15 is 0 Å². The zero-order valence-corrected chi connectivity index (χ0v) is 17.7. The average molecular weight is 436 g/mol. The predicted octanol–water partition coefficient (Wildman–Crippen LogP) is 6.11. The molecule has 2 aromatic rings. The molecule has 31 heavy (non-hydrogen) atoms. The summed E-state index contributed by atoms with van der Waals surface area (Å²) < 4.78 is 41.7. The number of H-pyrrole nitrogens is 1. The van der Waals surface area contributed by atoms with Crippen molar-refractivity contribution in [2.45, 2.75) is 65.2 Å². The van der Waals surface area contributed by atoms with E-state index in [0.29, 0.717) is 55.3 Å². The predicted molar refractivity (Wildman–Crippen MR) is 114 cm³/mol. The van der Waals surface area contributed by atoms with Crippen LogP contribution in [-0.2, 0) is 11.2 Å². The van der Waals surface area contributed by atoms with Gasteiger partial charge in [0, 0.05) is 41.7 Å². The minimum Gasteiger partial charge on any atom is -0.511 e.